The van der Waals surface area contributed by atoms with E-state index in [1.165, 1.54) is 12.1 Å². The van der Waals surface area contributed by atoms with Gasteiger partial charge in [-0.15, -0.1) is 0 Å². The molecule has 1 aliphatic heterocycles. The van der Waals surface area contributed by atoms with Crippen LogP contribution in [-0.2, 0) is 4.74 Å². The van der Waals surface area contributed by atoms with Crippen molar-refractivity contribution in [1.29, 1.82) is 0 Å². The molecule has 0 saturated carbocycles. The van der Waals surface area contributed by atoms with Crippen molar-refractivity contribution in [3.8, 4) is 0 Å². The first-order valence-corrected chi connectivity index (χ1v) is 7.37. The molecule has 2 rings (SSSR count). The molecule has 0 aromatic heterocycles. The van der Waals surface area contributed by atoms with Crippen molar-refractivity contribution in [2.75, 3.05) is 31.6 Å². The highest BCUT2D eigenvalue weighted by Crippen LogP contribution is 2.30. The summed E-state index contributed by atoms with van der Waals surface area (Å²) >= 11 is 0. The maximum Gasteiger partial charge on any atom is 0.415 e. The molecular weight excluding hydrogens is 284 g/mol. The second-order valence-corrected chi connectivity index (χ2v) is 5.90. The SMILES string of the molecule is CCN(C)CCC1(C)CN(c2ccc(C(=O)O)cc2)C(=O)O1. The summed E-state index contributed by atoms with van der Waals surface area (Å²) in [7, 11) is 2.03. The van der Waals surface area contributed by atoms with Crippen LogP contribution in [0.25, 0.3) is 0 Å². The Kier molecular flexibility index (Phi) is 4.71. The van der Waals surface area contributed by atoms with Crippen molar-refractivity contribution in [3.05, 3.63) is 29.8 Å². The molecule has 1 atom stereocenters. The molecule has 1 saturated heterocycles. The van der Waals surface area contributed by atoms with E-state index < -0.39 is 11.6 Å². The molecular formula is C16H22N2O4. The average molecular weight is 306 g/mol. The van der Waals surface area contributed by atoms with Crippen LogP contribution in [0.1, 0.15) is 30.6 Å². The summed E-state index contributed by atoms with van der Waals surface area (Å²) in [5.74, 6) is -0.983. The normalized spacial score (nSPS) is 21.3. The van der Waals surface area contributed by atoms with Crippen molar-refractivity contribution in [3.63, 3.8) is 0 Å². The average Bonchev–Trinajstić information content (AvgIpc) is 2.80. The number of benzene rings is 1. The van der Waals surface area contributed by atoms with Gasteiger partial charge in [-0.2, -0.15) is 0 Å². The van der Waals surface area contributed by atoms with Crippen molar-refractivity contribution in [2.24, 2.45) is 0 Å². The van der Waals surface area contributed by atoms with Crippen LogP contribution in [0.15, 0.2) is 24.3 Å². The van der Waals surface area contributed by atoms with Crippen LogP contribution < -0.4 is 4.90 Å². The van der Waals surface area contributed by atoms with Gasteiger partial charge in [0.1, 0.15) is 5.60 Å². The number of rotatable bonds is 6. The molecule has 1 heterocycles. The van der Waals surface area contributed by atoms with Gasteiger partial charge in [-0.25, -0.2) is 9.59 Å². The zero-order valence-electron chi connectivity index (χ0n) is 13.2. The third kappa shape index (κ3) is 3.57. The van der Waals surface area contributed by atoms with E-state index in [0.29, 0.717) is 12.2 Å². The second kappa shape index (κ2) is 6.36. The van der Waals surface area contributed by atoms with E-state index in [1.54, 1.807) is 17.0 Å². The lowest BCUT2D eigenvalue weighted by Gasteiger charge is -2.24. The van der Waals surface area contributed by atoms with Crippen molar-refractivity contribution in [1.82, 2.24) is 4.90 Å². The standard InChI is InChI=1S/C16H22N2O4/c1-4-17(3)10-9-16(2)11-18(15(21)22-16)13-7-5-12(6-8-13)14(19)20/h5-8H,4,9-11H2,1-3H3,(H,19,20). The zero-order valence-corrected chi connectivity index (χ0v) is 13.2. The van der Waals surface area contributed by atoms with Gasteiger partial charge in [-0.3, -0.25) is 4.90 Å². The Balaban J connectivity index is 2.07. The third-order valence-electron chi connectivity index (χ3n) is 4.03. The van der Waals surface area contributed by atoms with Crippen molar-refractivity contribution in [2.45, 2.75) is 25.9 Å². The smallest absolute Gasteiger partial charge is 0.415 e. The summed E-state index contributed by atoms with van der Waals surface area (Å²) in [6.45, 7) is 6.28. The molecule has 0 bridgehead atoms. The van der Waals surface area contributed by atoms with Crippen LogP contribution >= 0.6 is 0 Å². The van der Waals surface area contributed by atoms with E-state index in [0.717, 1.165) is 19.5 Å². The molecule has 1 fully saturated rings. The number of anilines is 1. The topological polar surface area (TPSA) is 70.1 Å². The number of amides is 1. The van der Waals surface area contributed by atoms with Gasteiger partial charge in [0.15, 0.2) is 0 Å². The number of carbonyl (C=O) groups excluding carboxylic acids is 1. The van der Waals surface area contributed by atoms with Gasteiger partial charge in [-0.05, 0) is 44.8 Å². The molecule has 1 aromatic rings. The van der Waals surface area contributed by atoms with E-state index in [9.17, 15) is 9.59 Å². The minimum Gasteiger partial charge on any atom is -0.478 e. The third-order valence-corrected chi connectivity index (χ3v) is 4.03. The van der Waals surface area contributed by atoms with Crippen LogP contribution in [0.5, 0.6) is 0 Å². The van der Waals surface area contributed by atoms with Crippen LogP contribution in [0.3, 0.4) is 0 Å². The number of carboxylic acids is 1. The van der Waals surface area contributed by atoms with Crippen molar-refractivity contribution >= 4 is 17.7 Å². The first kappa shape index (κ1) is 16.3. The van der Waals surface area contributed by atoms with Gasteiger partial charge in [-0.1, -0.05) is 6.92 Å². The van der Waals surface area contributed by atoms with Gasteiger partial charge >= 0.3 is 12.1 Å². The van der Waals surface area contributed by atoms with Crippen molar-refractivity contribution < 1.29 is 19.4 Å². The summed E-state index contributed by atoms with van der Waals surface area (Å²) < 4.78 is 5.53. The highest BCUT2D eigenvalue weighted by Gasteiger charge is 2.41. The Bertz CT molecular complexity index is 558. The fourth-order valence-electron chi connectivity index (χ4n) is 2.39. The first-order valence-electron chi connectivity index (χ1n) is 7.37. The van der Waals surface area contributed by atoms with Gasteiger partial charge in [0.25, 0.3) is 0 Å². The van der Waals surface area contributed by atoms with Crippen LogP contribution in [0, 0.1) is 0 Å². The molecule has 22 heavy (non-hydrogen) atoms. The predicted octanol–water partition coefficient (Wildman–Crippen LogP) is 2.44. The molecule has 0 radical (unpaired) electrons. The number of nitrogens with zero attached hydrogens (tertiary/aromatic N) is 2. The lowest BCUT2D eigenvalue weighted by Crippen LogP contribution is -2.35. The van der Waals surface area contributed by atoms with Gasteiger partial charge in [0.05, 0.1) is 12.1 Å². The van der Waals surface area contributed by atoms with E-state index in [-0.39, 0.29) is 11.7 Å². The quantitative estimate of drug-likeness (QED) is 0.874. The monoisotopic (exact) mass is 306 g/mol. The van der Waals surface area contributed by atoms with Gasteiger partial charge in [0, 0.05) is 18.7 Å². The number of cyclic esters (lactones) is 1. The van der Waals surface area contributed by atoms with Gasteiger partial charge in [0.2, 0.25) is 0 Å². The molecule has 120 valence electrons. The number of hydrogen-bond donors (Lipinski definition) is 1. The molecule has 0 spiro atoms. The summed E-state index contributed by atoms with van der Waals surface area (Å²) in [5, 5.41) is 8.91. The highest BCUT2D eigenvalue weighted by atomic mass is 16.6. The maximum absolute atomic E-state index is 12.1. The summed E-state index contributed by atoms with van der Waals surface area (Å²) in [5.41, 5.74) is 0.331. The number of aromatic carboxylic acids is 1. The molecule has 1 N–H and O–H groups in total. The minimum absolute atomic E-state index is 0.198. The first-order chi connectivity index (χ1) is 10.3. The predicted molar refractivity (Wildman–Crippen MR) is 83.4 cm³/mol. The Morgan fingerprint density at radius 3 is 2.59 bits per heavy atom. The summed E-state index contributed by atoms with van der Waals surface area (Å²) in [6, 6.07) is 6.25. The van der Waals surface area contributed by atoms with Crippen LogP contribution in [0.4, 0.5) is 10.5 Å². The molecule has 1 aliphatic rings. The molecule has 1 unspecified atom stereocenters. The number of hydrogen-bond acceptors (Lipinski definition) is 4. The largest absolute Gasteiger partial charge is 0.478 e. The lowest BCUT2D eigenvalue weighted by molar-refractivity contribution is 0.0578. The Morgan fingerprint density at radius 2 is 2.05 bits per heavy atom. The molecule has 1 amide bonds. The molecule has 6 heteroatoms. The van der Waals surface area contributed by atoms with Crippen LogP contribution in [-0.4, -0.2) is 54.4 Å². The molecule has 6 nitrogen and oxygen atoms in total. The Hall–Kier alpha value is -2.08. The van der Waals surface area contributed by atoms with E-state index in [2.05, 4.69) is 11.8 Å². The van der Waals surface area contributed by atoms with Gasteiger partial charge < -0.3 is 14.7 Å². The van der Waals surface area contributed by atoms with E-state index in [1.807, 2.05) is 14.0 Å². The van der Waals surface area contributed by atoms with E-state index in [4.69, 9.17) is 9.84 Å². The maximum atomic E-state index is 12.1. The molecule has 1 aromatic carbocycles. The fraction of sp³-hybridized carbons (Fsp3) is 0.500. The summed E-state index contributed by atoms with van der Waals surface area (Å²) in [4.78, 5) is 26.7. The fourth-order valence-corrected chi connectivity index (χ4v) is 2.39. The lowest BCUT2D eigenvalue weighted by atomic mass is 10.0. The molecule has 0 aliphatic carbocycles. The van der Waals surface area contributed by atoms with E-state index >= 15 is 0 Å². The number of ether oxygens (including phenoxy) is 1. The number of carboxylic acid groups (broad SMARTS) is 1. The highest BCUT2D eigenvalue weighted by molar-refractivity contribution is 5.92. The Morgan fingerprint density at radius 1 is 1.41 bits per heavy atom. The Labute approximate surface area is 130 Å². The second-order valence-electron chi connectivity index (χ2n) is 5.90. The number of carbonyl (C=O) groups is 2. The minimum atomic E-state index is -0.983. The zero-order chi connectivity index (χ0) is 16.3. The summed E-state index contributed by atoms with van der Waals surface area (Å²) in [6.07, 6.45) is 0.372. The van der Waals surface area contributed by atoms with Crippen LogP contribution in [0.2, 0.25) is 0 Å².